The van der Waals surface area contributed by atoms with Gasteiger partial charge < -0.3 is 10.1 Å². The molecule has 176 valence electrons. The lowest BCUT2D eigenvalue weighted by Crippen LogP contribution is -2.52. The summed E-state index contributed by atoms with van der Waals surface area (Å²) in [6.07, 6.45) is 0.286. The monoisotopic (exact) mass is 527 g/mol. The molecule has 0 spiro atoms. The Labute approximate surface area is 214 Å². The fraction of sp³-hybridized carbons (Fsp3) is 0.133. The highest BCUT2D eigenvalue weighted by Crippen LogP contribution is 2.39. The van der Waals surface area contributed by atoms with Crippen molar-refractivity contribution in [1.82, 2.24) is 5.32 Å². The number of esters is 1. The number of hydrogen-bond donors (Lipinski definition) is 1. The van der Waals surface area contributed by atoms with E-state index in [4.69, 9.17) is 4.74 Å². The predicted octanol–water partition coefficient (Wildman–Crippen LogP) is 5.68. The number of halogens is 1. The Morgan fingerprint density at radius 2 is 1.17 bits per heavy atom. The van der Waals surface area contributed by atoms with E-state index < -0.39 is 17.4 Å². The van der Waals surface area contributed by atoms with Crippen molar-refractivity contribution in [3.05, 3.63) is 142 Å². The van der Waals surface area contributed by atoms with E-state index >= 15 is 0 Å². The summed E-state index contributed by atoms with van der Waals surface area (Å²) in [5.74, 6) is -0.805. The molecule has 0 unspecified atom stereocenters. The van der Waals surface area contributed by atoms with Gasteiger partial charge in [0.2, 0.25) is 5.91 Å². The smallest absolute Gasteiger partial charge is 0.328 e. The Hall–Kier alpha value is -3.70. The zero-order valence-electron chi connectivity index (χ0n) is 19.4. The van der Waals surface area contributed by atoms with Crippen LogP contribution < -0.4 is 5.32 Å². The number of carbonyl (C=O) groups is 2. The molecule has 1 atom stereocenters. The topological polar surface area (TPSA) is 55.4 Å². The fourth-order valence-electron chi connectivity index (χ4n) is 4.44. The van der Waals surface area contributed by atoms with Crippen LogP contribution in [0.2, 0.25) is 0 Å². The molecule has 0 bridgehead atoms. The van der Waals surface area contributed by atoms with Crippen LogP contribution in [0.1, 0.15) is 22.3 Å². The first-order valence-corrected chi connectivity index (χ1v) is 12.2. The predicted molar refractivity (Wildman–Crippen MR) is 141 cm³/mol. The molecule has 4 aromatic carbocycles. The van der Waals surface area contributed by atoms with Gasteiger partial charge in [0.1, 0.15) is 11.5 Å². The lowest BCUT2D eigenvalue weighted by Gasteiger charge is -2.35. The Kier molecular flexibility index (Phi) is 7.78. The third-order valence-electron chi connectivity index (χ3n) is 6.13. The minimum absolute atomic E-state index is 0.286. The van der Waals surface area contributed by atoms with Gasteiger partial charge in [-0.3, -0.25) is 4.79 Å². The minimum atomic E-state index is -1.18. The number of hydrogen-bond acceptors (Lipinski definition) is 3. The summed E-state index contributed by atoms with van der Waals surface area (Å²) in [6, 6.07) is 35.7. The maximum Gasteiger partial charge on any atom is 0.328 e. The van der Waals surface area contributed by atoms with Crippen LogP contribution in [0.4, 0.5) is 0 Å². The lowest BCUT2D eigenvalue weighted by molar-refractivity contribution is -0.145. The quantitative estimate of drug-likeness (QED) is 0.236. The summed E-state index contributed by atoms with van der Waals surface area (Å²) < 4.78 is 5.95. The zero-order chi connectivity index (χ0) is 24.7. The molecule has 35 heavy (non-hydrogen) atoms. The van der Waals surface area contributed by atoms with Gasteiger partial charge in [0, 0.05) is 10.9 Å². The highest BCUT2D eigenvalue weighted by molar-refractivity contribution is 9.10. The fourth-order valence-corrected chi connectivity index (χ4v) is 4.89. The van der Waals surface area contributed by atoms with Crippen LogP contribution in [-0.4, -0.2) is 25.0 Å². The van der Waals surface area contributed by atoms with E-state index in [1.165, 1.54) is 7.11 Å². The van der Waals surface area contributed by atoms with Crippen LogP contribution in [0.25, 0.3) is 0 Å². The Morgan fingerprint density at radius 3 is 1.60 bits per heavy atom. The maximum absolute atomic E-state index is 14.4. The average Bonchev–Trinajstić information content (AvgIpc) is 2.91. The van der Waals surface area contributed by atoms with Crippen molar-refractivity contribution in [3.8, 4) is 0 Å². The number of benzene rings is 4. The first-order valence-electron chi connectivity index (χ1n) is 11.4. The van der Waals surface area contributed by atoms with Crippen LogP contribution in [0, 0.1) is 0 Å². The molecule has 0 fully saturated rings. The van der Waals surface area contributed by atoms with Crippen molar-refractivity contribution in [2.45, 2.75) is 17.9 Å². The van der Waals surface area contributed by atoms with Gasteiger partial charge in [-0.05, 0) is 28.3 Å². The normalized spacial score (nSPS) is 11.9. The van der Waals surface area contributed by atoms with Crippen molar-refractivity contribution in [2.24, 2.45) is 0 Å². The van der Waals surface area contributed by atoms with Crippen molar-refractivity contribution in [1.29, 1.82) is 0 Å². The molecule has 4 rings (SSSR count). The van der Waals surface area contributed by atoms with Crippen molar-refractivity contribution in [2.75, 3.05) is 7.11 Å². The summed E-state index contributed by atoms with van der Waals surface area (Å²) in [7, 11) is 1.33. The summed E-state index contributed by atoms with van der Waals surface area (Å²) in [6.45, 7) is 0. The molecule has 0 radical (unpaired) electrons. The van der Waals surface area contributed by atoms with Gasteiger partial charge in [-0.1, -0.05) is 125 Å². The van der Waals surface area contributed by atoms with E-state index in [9.17, 15) is 9.59 Å². The van der Waals surface area contributed by atoms with E-state index in [2.05, 4.69) is 21.2 Å². The Morgan fingerprint density at radius 1 is 0.743 bits per heavy atom. The lowest BCUT2D eigenvalue weighted by atomic mass is 9.68. The standard InChI is InChI=1S/C30H26BrNO3/c1-35-28(33)27(21-22-13-11-12-20-26(22)31)32-29(34)30(23-14-5-2-6-15-23,24-16-7-3-8-17-24)25-18-9-4-10-19-25/h2-20,27H,21H2,1H3,(H,32,34)/t27-/m1/s1. The third-order valence-corrected chi connectivity index (χ3v) is 6.91. The van der Waals surface area contributed by atoms with Crippen molar-refractivity contribution < 1.29 is 14.3 Å². The maximum atomic E-state index is 14.4. The van der Waals surface area contributed by atoms with Gasteiger partial charge in [-0.25, -0.2) is 4.79 Å². The molecule has 0 aromatic heterocycles. The molecule has 1 amide bonds. The zero-order valence-corrected chi connectivity index (χ0v) is 20.9. The molecule has 0 saturated heterocycles. The van der Waals surface area contributed by atoms with Crippen LogP contribution in [0.3, 0.4) is 0 Å². The SMILES string of the molecule is COC(=O)[C@@H](Cc1ccccc1Br)NC(=O)C(c1ccccc1)(c1ccccc1)c1ccccc1. The summed E-state index contributed by atoms with van der Waals surface area (Å²) >= 11 is 3.55. The van der Waals surface area contributed by atoms with Crippen LogP contribution in [0.5, 0.6) is 0 Å². The molecular formula is C30H26BrNO3. The minimum Gasteiger partial charge on any atom is -0.467 e. The largest absolute Gasteiger partial charge is 0.467 e. The molecule has 0 saturated carbocycles. The van der Waals surface area contributed by atoms with Crippen molar-refractivity contribution >= 4 is 27.8 Å². The van der Waals surface area contributed by atoms with Gasteiger partial charge >= 0.3 is 5.97 Å². The van der Waals surface area contributed by atoms with Gasteiger partial charge in [-0.15, -0.1) is 0 Å². The molecule has 4 nitrogen and oxygen atoms in total. The molecule has 1 N–H and O–H groups in total. The molecule has 0 aliphatic rings. The highest BCUT2D eigenvalue weighted by Gasteiger charge is 2.45. The second kappa shape index (κ2) is 11.2. The first kappa shape index (κ1) is 24.4. The molecule has 5 heteroatoms. The van der Waals surface area contributed by atoms with Gasteiger partial charge in [0.25, 0.3) is 0 Å². The number of rotatable bonds is 8. The summed E-state index contributed by atoms with van der Waals surface area (Å²) in [4.78, 5) is 27.3. The number of carbonyl (C=O) groups excluding carboxylic acids is 2. The number of nitrogens with one attached hydrogen (secondary N) is 1. The summed E-state index contributed by atoms with van der Waals surface area (Å²) in [5, 5.41) is 3.05. The molecule has 0 heterocycles. The number of methoxy groups -OCH3 is 1. The Bertz CT molecular complexity index is 1180. The molecule has 0 aliphatic carbocycles. The van der Waals surface area contributed by atoms with Crippen LogP contribution in [-0.2, 0) is 26.2 Å². The van der Waals surface area contributed by atoms with E-state index in [1.54, 1.807) is 0 Å². The first-order chi connectivity index (χ1) is 17.1. The molecular weight excluding hydrogens is 502 g/mol. The van der Waals surface area contributed by atoms with E-state index in [-0.39, 0.29) is 12.3 Å². The number of amides is 1. The van der Waals surface area contributed by atoms with Crippen LogP contribution in [0.15, 0.2) is 120 Å². The molecule has 4 aromatic rings. The average molecular weight is 528 g/mol. The third kappa shape index (κ3) is 5.05. The van der Waals surface area contributed by atoms with E-state index in [0.717, 1.165) is 26.7 Å². The van der Waals surface area contributed by atoms with Gasteiger partial charge in [-0.2, -0.15) is 0 Å². The van der Waals surface area contributed by atoms with Crippen LogP contribution >= 0.6 is 15.9 Å². The van der Waals surface area contributed by atoms with E-state index in [0.29, 0.717) is 0 Å². The van der Waals surface area contributed by atoms with Gasteiger partial charge in [0.15, 0.2) is 0 Å². The van der Waals surface area contributed by atoms with Gasteiger partial charge in [0.05, 0.1) is 7.11 Å². The number of ether oxygens (including phenoxy) is 1. The highest BCUT2D eigenvalue weighted by atomic mass is 79.9. The van der Waals surface area contributed by atoms with E-state index in [1.807, 2.05) is 115 Å². The Balaban J connectivity index is 1.86. The second-order valence-electron chi connectivity index (χ2n) is 8.19. The molecule has 0 aliphatic heterocycles. The second-order valence-corrected chi connectivity index (χ2v) is 9.05. The summed E-state index contributed by atoms with van der Waals surface area (Å²) in [5.41, 5.74) is 2.13. The van der Waals surface area contributed by atoms with Crippen molar-refractivity contribution in [3.63, 3.8) is 0 Å².